The van der Waals surface area contributed by atoms with Gasteiger partial charge in [-0.25, -0.2) is 4.98 Å². The highest BCUT2D eigenvalue weighted by Crippen LogP contribution is 2.26. The molecule has 1 N–H and O–H groups in total. The van der Waals surface area contributed by atoms with Crippen LogP contribution in [-0.4, -0.2) is 27.4 Å². The molecule has 0 radical (unpaired) electrons. The third kappa shape index (κ3) is 3.63. The minimum Gasteiger partial charge on any atom is -0.491 e. The number of halogens is 2. The van der Waals surface area contributed by atoms with Gasteiger partial charge in [0.15, 0.2) is 0 Å². The molecule has 4 nitrogen and oxygen atoms in total. The Labute approximate surface area is 115 Å². The lowest BCUT2D eigenvalue weighted by Gasteiger charge is -2.13. The molecule has 0 saturated heterocycles. The Hall–Kier alpha value is -1.23. The van der Waals surface area contributed by atoms with E-state index in [1.807, 2.05) is 0 Å². The van der Waals surface area contributed by atoms with Crippen molar-refractivity contribution in [1.82, 2.24) is 9.55 Å². The molecular formula is C12H12Cl2N2O2. The van der Waals surface area contributed by atoms with Crippen molar-refractivity contribution in [3.05, 3.63) is 47.0 Å². The third-order valence-corrected chi connectivity index (χ3v) is 3.05. The van der Waals surface area contributed by atoms with Crippen LogP contribution in [0.2, 0.25) is 10.0 Å². The molecule has 18 heavy (non-hydrogen) atoms. The van der Waals surface area contributed by atoms with Gasteiger partial charge in [0, 0.05) is 18.5 Å². The normalized spacial score (nSPS) is 12.4. The summed E-state index contributed by atoms with van der Waals surface area (Å²) in [6.45, 7) is 0.609. The van der Waals surface area contributed by atoms with Crippen molar-refractivity contribution in [2.75, 3.05) is 6.61 Å². The fraction of sp³-hybridized carbons (Fsp3) is 0.250. The summed E-state index contributed by atoms with van der Waals surface area (Å²) in [5, 5.41) is 10.7. The van der Waals surface area contributed by atoms with Crippen LogP contribution in [0.15, 0.2) is 36.9 Å². The lowest BCUT2D eigenvalue weighted by molar-refractivity contribution is 0.0925. The number of aliphatic hydroxyl groups is 1. The molecule has 0 aliphatic heterocycles. The SMILES string of the molecule is OC(COc1ccc(Cl)c(Cl)c1)Cn1ccnc1. The second-order valence-corrected chi connectivity index (χ2v) is 4.61. The van der Waals surface area contributed by atoms with Crippen LogP contribution in [0.1, 0.15) is 0 Å². The zero-order valence-electron chi connectivity index (χ0n) is 9.46. The van der Waals surface area contributed by atoms with Crippen LogP contribution < -0.4 is 4.74 Å². The molecule has 1 atom stereocenters. The number of benzene rings is 1. The molecule has 1 unspecified atom stereocenters. The highest BCUT2D eigenvalue weighted by Gasteiger charge is 2.07. The Morgan fingerprint density at radius 3 is 2.83 bits per heavy atom. The first kappa shape index (κ1) is 13.2. The summed E-state index contributed by atoms with van der Waals surface area (Å²) in [5.74, 6) is 0.578. The Morgan fingerprint density at radius 1 is 1.33 bits per heavy atom. The molecule has 1 heterocycles. The van der Waals surface area contributed by atoms with Crippen LogP contribution in [0.5, 0.6) is 5.75 Å². The van der Waals surface area contributed by atoms with Gasteiger partial charge in [-0.3, -0.25) is 0 Å². The van der Waals surface area contributed by atoms with E-state index in [9.17, 15) is 5.11 Å². The average molecular weight is 287 g/mol. The highest BCUT2D eigenvalue weighted by atomic mass is 35.5. The predicted octanol–water partition coefficient (Wildman–Crippen LogP) is 2.63. The minimum atomic E-state index is -0.617. The summed E-state index contributed by atoms with van der Waals surface area (Å²) in [5.41, 5.74) is 0. The van der Waals surface area contributed by atoms with E-state index in [2.05, 4.69) is 4.98 Å². The number of ether oxygens (including phenoxy) is 1. The van der Waals surface area contributed by atoms with Crippen molar-refractivity contribution in [2.45, 2.75) is 12.6 Å². The summed E-state index contributed by atoms with van der Waals surface area (Å²) in [6, 6.07) is 4.98. The third-order valence-electron chi connectivity index (χ3n) is 2.31. The summed E-state index contributed by atoms with van der Waals surface area (Å²) >= 11 is 11.6. The lowest BCUT2D eigenvalue weighted by atomic mass is 10.3. The number of aromatic nitrogens is 2. The molecule has 0 amide bonds. The molecule has 96 valence electrons. The van der Waals surface area contributed by atoms with E-state index in [1.54, 1.807) is 41.5 Å². The van der Waals surface area contributed by atoms with Gasteiger partial charge in [0.25, 0.3) is 0 Å². The molecule has 0 aliphatic rings. The maximum absolute atomic E-state index is 9.77. The molecule has 2 rings (SSSR count). The Kier molecular flexibility index (Phi) is 4.47. The summed E-state index contributed by atoms with van der Waals surface area (Å²) < 4.78 is 7.21. The molecule has 1 aromatic carbocycles. The molecule has 0 fully saturated rings. The van der Waals surface area contributed by atoms with E-state index in [4.69, 9.17) is 27.9 Å². The van der Waals surface area contributed by atoms with E-state index < -0.39 is 6.10 Å². The van der Waals surface area contributed by atoms with Gasteiger partial charge in [0.05, 0.1) is 22.9 Å². The van der Waals surface area contributed by atoms with Crippen LogP contribution >= 0.6 is 23.2 Å². The number of rotatable bonds is 5. The second kappa shape index (κ2) is 6.09. The first-order chi connectivity index (χ1) is 8.65. The van der Waals surface area contributed by atoms with Crippen molar-refractivity contribution in [2.24, 2.45) is 0 Å². The van der Waals surface area contributed by atoms with Gasteiger partial charge in [-0.15, -0.1) is 0 Å². The second-order valence-electron chi connectivity index (χ2n) is 3.80. The zero-order valence-corrected chi connectivity index (χ0v) is 11.0. The number of nitrogens with zero attached hydrogens (tertiary/aromatic N) is 2. The van der Waals surface area contributed by atoms with E-state index in [0.717, 1.165) is 0 Å². The molecule has 0 saturated carbocycles. The number of imidazole rings is 1. The number of aliphatic hydroxyl groups excluding tert-OH is 1. The van der Waals surface area contributed by atoms with Crippen molar-refractivity contribution < 1.29 is 9.84 Å². The van der Waals surface area contributed by atoms with Gasteiger partial charge < -0.3 is 14.4 Å². The smallest absolute Gasteiger partial charge is 0.121 e. The number of hydrogen-bond donors (Lipinski definition) is 1. The quantitative estimate of drug-likeness (QED) is 0.919. The van der Waals surface area contributed by atoms with Crippen LogP contribution in [0, 0.1) is 0 Å². The van der Waals surface area contributed by atoms with Crippen molar-refractivity contribution in [3.8, 4) is 5.75 Å². The Bertz CT molecular complexity index is 503. The zero-order chi connectivity index (χ0) is 13.0. The first-order valence-electron chi connectivity index (χ1n) is 5.37. The van der Waals surface area contributed by atoms with E-state index in [-0.39, 0.29) is 6.61 Å². The highest BCUT2D eigenvalue weighted by molar-refractivity contribution is 6.42. The molecule has 0 aliphatic carbocycles. The largest absolute Gasteiger partial charge is 0.491 e. The van der Waals surface area contributed by atoms with Crippen molar-refractivity contribution in [1.29, 1.82) is 0 Å². The Balaban J connectivity index is 1.85. The van der Waals surface area contributed by atoms with Gasteiger partial charge in [0.1, 0.15) is 18.5 Å². The van der Waals surface area contributed by atoms with Crippen molar-refractivity contribution >= 4 is 23.2 Å². The summed E-state index contributed by atoms with van der Waals surface area (Å²) in [4.78, 5) is 3.89. The monoisotopic (exact) mass is 286 g/mol. The van der Waals surface area contributed by atoms with Gasteiger partial charge >= 0.3 is 0 Å². The van der Waals surface area contributed by atoms with E-state index in [1.165, 1.54) is 0 Å². The van der Waals surface area contributed by atoms with Crippen LogP contribution in [-0.2, 0) is 6.54 Å². The minimum absolute atomic E-state index is 0.177. The van der Waals surface area contributed by atoms with Crippen molar-refractivity contribution in [3.63, 3.8) is 0 Å². The Morgan fingerprint density at radius 2 is 2.17 bits per heavy atom. The summed E-state index contributed by atoms with van der Waals surface area (Å²) in [6.07, 6.45) is 4.46. The van der Waals surface area contributed by atoms with Gasteiger partial charge in [-0.05, 0) is 12.1 Å². The predicted molar refractivity (Wildman–Crippen MR) is 70.2 cm³/mol. The first-order valence-corrected chi connectivity index (χ1v) is 6.12. The standard InChI is InChI=1S/C12H12Cl2N2O2/c13-11-2-1-10(5-12(11)14)18-7-9(17)6-16-4-3-15-8-16/h1-5,8-9,17H,6-7H2. The molecule has 1 aromatic heterocycles. The molecule has 0 spiro atoms. The van der Waals surface area contributed by atoms with E-state index in [0.29, 0.717) is 22.3 Å². The fourth-order valence-corrected chi connectivity index (χ4v) is 1.74. The van der Waals surface area contributed by atoms with Crippen LogP contribution in [0.25, 0.3) is 0 Å². The average Bonchev–Trinajstić information content (AvgIpc) is 2.83. The topological polar surface area (TPSA) is 47.3 Å². The summed E-state index contributed by atoms with van der Waals surface area (Å²) in [7, 11) is 0. The van der Waals surface area contributed by atoms with Crippen LogP contribution in [0.3, 0.4) is 0 Å². The number of hydrogen-bond acceptors (Lipinski definition) is 3. The molecule has 6 heteroatoms. The molecule has 0 bridgehead atoms. The van der Waals surface area contributed by atoms with Gasteiger partial charge in [-0.2, -0.15) is 0 Å². The fourth-order valence-electron chi connectivity index (χ4n) is 1.45. The molecule has 2 aromatic rings. The maximum Gasteiger partial charge on any atom is 0.121 e. The van der Waals surface area contributed by atoms with Gasteiger partial charge in [0.2, 0.25) is 0 Å². The van der Waals surface area contributed by atoms with Gasteiger partial charge in [-0.1, -0.05) is 23.2 Å². The maximum atomic E-state index is 9.77. The lowest BCUT2D eigenvalue weighted by Crippen LogP contribution is -2.22. The van der Waals surface area contributed by atoms with Crippen LogP contribution in [0.4, 0.5) is 0 Å². The molecular weight excluding hydrogens is 275 g/mol. The van der Waals surface area contributed by atoms with E-state index >= 15 is 0 Å².